The van der Waals surface area contributed by atoms with Gasteiger partial charge in [0.25, 0.3) is 5.91 Å². The van der Waals surface area contributed by atoms with Crippen molar-refractivity contribution in [2.24, 2.45) is 11.8 Å². The van der Waals surface area contributed by atoms with Crippen LogP contribution in [0.3, 0.4) is 0 Å². The van der Waals surface area contributed by atoms with Gasteiger partial charge in [0.1, 0.15) is 11.3 Å². The van der Waals surface area contributed by atoms with Gasteiger partial charge in [0.15, 0.2) is 0 Å². The van der Waals surface area contributed by atoms with Crippen LogP contribution < -0.4 is 10.6 Å². The van der Waals surface area contributed by atoms with Gasteiger partial charge in [-0.2, -0.15) is 0 Å². The van der Waals surface area contributed by atoms with Gasteiger partial charge in [0.2, 0.25) is 5.91 Å². The third kappa shape index (κ3) is 8.53. The number of carbonyl (C=O) groups excluding carboxylic acids is 3. The second kappa shape index (κ2) is 15.9. The Balaban J connectivity index is 0.000000214. The van der Waals surface area contributed by atoms with Crippen LogP contribution in [-0.4, -0.2) is 40.6 Å². The van der Waals surface area contributed by atoms with Gasteiger partial charge in [-0.1, -0.05) is 62.0 Å². The molecule has 2 aliphatic carbocycles. The molecule has 2 fully saturated rings. The molecule has 1 aliphatic heterocycles. The monoisotopic (exact) mass is 684 g/mol. The normalized spacial score (nSPS) is 25.6. The standard InChI is InChI=1S/C20H28ClNO3.C18H22ClNO2/c1-4-15-8-10-20(11-9-15,19(24)25-5-2)22-18(23)13-16-12-17(21)7-6-14(16)3;1-3-12-6-8-18(9-7-12)16(21)15(17(22)20-18)14-10-13(19)5-4-11(14)2/h6-7,12,15H,4-5,8-11,13H2,1-3H3,(H,22,23);4-5,10,12,21H,3,6-9H2,1-2H3,(H,20,22). The van der Waals surface area contributed by atoms with Crippen molar-refractivity contribution < 1.29 is 24.2 Å². The maximum absolute atomic E-state index is 12.6. The van der Waals surface area contributed by atoms with E-state index >= 15 is 0 Å². The molecule has 0 unspecified atom stereocenters. The van der Waals surface area contributed by atoms with E-state index in [2.05, 4.69) is 24.5 Å². The molecule has 9 heteroatoms. The molecule has 0 saturated heterocycles. The fourth-order valence-corrected chi connectivity index (χ4v) is 7.65. The number of ether oxygens (including phenoxy) is 1. The van der Waals surface area contributed by atoms with E-state index in [1.165, 1.54) is 0 Å². The molecule has 3 N–H and O–H groups in total. The van der Waals surface area contributed by atoms with Gasteiger partial charge in [-0.15, -0.1) is 0 Å². The molecule has 1 heterocycles. The van der Waals surface area contributed by atoms with Crippen LogP contribution in [0.1, 0.15) is 107 Å². The topological polar surface area (TPSA) is 105 Å². The van der Waals surface area contributed by atoms with Crippen molar-refractivity contribution in [3.8, 4) is 0 Å². The van der Waals surface area contributed by atoms with Gasteiger partial charge < -0.3 is 20.5 Å². The highest BCUT2D eigenvalue weighted by molar-refractivity contribution is 6.31. The largest absolute Gasteiger partial charge is 0.509 e. The summed E-state index contributed by atoms with van der Waals surface area (Å²) in [5.74, 6) is 0.881. The lowest BCUT2D eigenvalue weighted by Gasteiger charge is -2.38. The smallest absolute Gasteiger partial charge is 0.331 e. The molecular weight excluding hydrogens is 635 g/mol. The summed E-state index contributed by atoms with van der Waals surface area (Å²) < 4.78 is 5.27. The number of hydrogen-bond acceptors (Lipinski definition) is 5. The van der Waals surface area contributed by atoms with Crippen molar-refractivity contribution in [1.29, 1.82) is 0 Å². The summed E-state index contributed by atoms with van der Waals surface area (Å²) in [6, 6.07) is 11.0. The highest BCUT2D eigenvalue weighted by Crippen LogP contribution is 2.44. The fraction of sp³-hybridized carbons (Fsp3) is 0.553. The van der Waals surface area contributed by atoms with E-state index in [9.17, 15) is 19.5 Å². The van der Waals surface area contributed by atoms with E-state index in [1.807, 2.05) is 38.1 Å². The third-order valence-electron chi connectivity index (χ3n) is 10.5. The van der Waals surface area contributed by atoms with Crippen LogP contribution in [0.2, 0.25) is 10.0 Å². The van der Waals surface area contributed by atoms with Crippen LogP contribution in [0.25, 0.3) is 5.57 Å². The Morgan fingerprint density at radius 3 is 2.02 bits per heavy atom. The first-order chi connectivity index (χ1) is 22.4. The van der Waals surface area contributed by atoms with E-state index in [0.717, 1.165) is 73.6 Å². The summed E-state index contributed by atoms with van der Waals surface area (Å²) in [5, 5.41) is 18.1. The quantitative estimate of drug-likeness (QED) is 0.242. The first-order valence-corrected chi connectivity index (χ1v) is 17.9. The number of rotatable bonds is 8. The Morgan fingerprint density at radius 2 is 1.45 bits per heavy atom. The van der Waals surface area contributed by atoms with Crippen molar-refractivity contribution in [2.45, 2.75) is 116 Å². The molecule has 0 bridgehead atoms. The first-order valence-electron chi connectivity index (χ1n) is 17.1. The Labute approximate surface area is 289 Å². The molecule has 5 rings (SSSR count). The Morgan fingerprint density at radius 1 is 0.894 bits per heavy atom. The lowest BCUT2D eigenvalue weighted by atomic mass is 9.75. The molecule has 1 spiro atoms. The van der Waals surface area contributed by atoms with Crippen molar-refractivity contribution in [1.82, 2.24) is 10.6 Å². The van der Waals surface area contributed by atoms with Crippen LogP contribution in [0.4, 0.5) is 0 Å². The summed E-state index contributed by atoms with van der Waals surface area (Å²) in [4.78, 5) is 37.7. The number of halogens is 2. The molecule has 47 heavy (non-hydrogen) atoms. The van der Waals surface area contributed by atoms with E-state index in [4.69, 9.17) is 27.9 Å². The van der Waals surface area contributed by atoms with Crippen LogP contribution in [0.15, 0.2) is 42.2 Å². The van der Waals surface area contributed by atoms with Crippen LogP contribution in [0.5, 0.6) is 0 Å². The molecule has 2 aromatic rings. The third-order valence-corrected chi connectivity index (χ3v) is 11.0. The van der Waals surface area contributed by atoms with Crippen molar-refractivity contribution >= 4 is 46.6 Å². The maximum Gasteiger partial charge on any atom is 0.331 e. The number of carbonyl (C=O) groups is 3. The zero-order chi connectivity index (χ0) is 34.4. The number of aliphatic hydroxyl groups excluding tert-OH is 1. The van der Waals surface area contributed by atoms with Gasteiger partial charge in [0, 0.05) is 10.0 Å². The minimum atomic E-state index is -0.884. The minimum Gasteiger partial charge on any atom is -0.509 e. The van der Waals surface area contributed by atoms with Crippen LogP contribution in [0, 0.1) is 25.7 Å². The Hall–Kier alpha value is -3.03. The average Bonchev–Trinajstić information content (AvgIpc) is 3.29. The van der Waals surface area contributed by atoms with E-state index < -0.39 is 11.1 Å². The molecule has 2 amide bonds. The molecule has 7 nitrogen and oxygen atoms in total. The predicted octanol–water partition coefficient (Wildman–Crippen LogP) is 8.60. The van der Waals surface area contributed by atoms with Crippen LogP contribution >= 0.6 is 23.2 Å². The van der Waals surface area contributed by atoms with Gasteiger partial charge in [-0.3, -0.25) is 9.59 Å². The first kappa shape index (κ1) is 36.8. The lowest BCUT2D eigenvalue weighted by molar-refractivity contribution is -0.155. The van der Waals surface area contributed by atoms with Gasteiger partial charge in [-0.05, 0) is 130 Å². The van der Waals surface area contributed by atoms with E-state index in [1.54, 1.807) is 19.1 Å². The number of esters is 1. The molecular formula is C38H50Cl2N2O5. The highest BCUT2D eigenvalue weighted by atomic mass is 35.5. The predicted molar refractivity (Wildman–Crippen MR) is 189 cm³/mol. The fourth-order valence-electron chi connectivity index (χ4n) is 7.28. The number of nitrogens with one attached hydrogen (secondary N) is 2. The SMILES string of the molecule is CCC1CCC2(CC1)NC(=O)C(c1cc(Cl)ccc1C)=C2O.CCOC(=O)C1(NC(=O)Cc2cc(Cl)ccc2C)CCC(CC)CC1. The Bertz CT molecular complexity index is 1490. The van der Waals surface area contributed by atoms with E-state index in [-0.39, 0.29) is 30.0 Å². The number of aryl methyl sites for hydroxylation is 2. The lowest BCUT2D eigenvalue weighted by Crippen LogP contribution is -2.57. The van der Waals surface area contributed by atoms with E-state index in [0.29, 0.717) is 46.9 Å². The van der Waals surface area contributed by atoms with Crippen molar-refractivity contribution in [3.05, 3.63) is 74.5 Å². The van der Waals surface area contributed by atoms with Crippen LogP contribution in [-0.2, 0) is 25.5 Å². The second-order valence-corrected chi connectivity index (χ2v) is 14.4. The average molecular weight is 686 g/mol. The van der Waals surface area contributed by atoms with Crippen molar-refractivity contribution in [2.75, 3.05) is 6.61 Å². The summed E-state index contributed by atoms with van der Waals surface area (Å²) in [6.07, 6.45) is 9.35. The number of benzene rings is 2. The highest BCUT2D eigenvalue weighted by Gasteiger charge is 2.48. The molecule has 0 radical (unpaired) electrons. The van der Waals surface area contributed by atoms with Gasteiger partial charge >= 0.3 is 5.97 Å². The van der Waals surface area contributed by atoms with Crippen molar-refractivity contribution in [3.63, 3.8) is 0 Å². The second-order valence-electron chi connectivity index (χ2n) is 13.5. The van der Waals surface area contributed by atoms with Gasteiger partial charge in [-0.25, -0.2) is 4.79 Å². The molecule has 3 aliphatic rings. The molecule has 0 aromatic heterocycles. The minimum absolute atomic E-state index is 0.159. The number of aliphatic hydroxyl groups is 1. The molecule has 256 valence electrons. The summed E-state index contributed by atoms with van der Waals surface area (Å²) in [5.41, 5.74) is 2.52. The number of amides is 2. The zero-order valence-electron chi connectivity index (χ0n) is 28.4. The summed E-state index contributed by atoms with van der Waals surface area (Å²) >= 11 is 12.1. The van der Waals surface area contributed by atoms with Gasteiger partial charge in [0.05, 0.1) is 24.1 Å². The number of hydrogen-bond donors (Lipinski definition) is 3. The molecule has 2 saturated carbocycles. The Kier molecular flexibility index (Phi) is 12.5. The zero-order valence-corrected chi connectivity index (χ0v) is 30.0. The summed E-state index contributed by atoms with van der Waals surface area (Å²) in [7, 11) is 0. The molecule has 2 aromatic carbocycles. The summed E-state index contributed by atoms with van der Waals surface area (Å²) in [6.45, 7) is 10.4. The maximum atomic E-state index is 12.6. The molecule has 0 atom stereocenters.